The molecule has 27 heavy (non-hydrogen) atoms. The molecule has 2 heterocycles. The summed E-state index contributed by atoms with van der Waals surface area (Å²) in [5.74, 6) is 0.210. The first-order chi connectivity index (χ1) is 13.1. The molecule has 0 spiro atoms. The zero-order valence-electron chi connectivity index (χ0n) is 16.0. The third-order valence-corrected chi connectivity index (χ3v) is 6.44. The molecule has 1 aromatic carbocycles. The van der Waals surface area contributed by atoms with Crippen molar-refractivity contribution in [3.05, 3.63) is 28.8 Å². The Morgan fingerprint density at radius 3 is 2.26 bits per heavy atom. The number of likely N-dealkylation sites (tertiary alicyclic amines) is 1. The maximum absolute atomic E-state index is 12.8. The van der Waals surface area contributed by atoms with E-state index in [1.54, 1.807) is 17.8 Å². The number of rotatable bonds is 4. The van der Waals surface area contributed by atoms with Crippen molar-refractivity contribution in [3.8, 4) is 0 Å². The van der Waals surface area contributed by atoms with Gasteiger partial charge in [0.15, 0.2) is 0 Å². The SMILES string of the molecule is CSc1ccc(Cl)c(C(=O)N2CCN(CC(=O)N3CCCCCC3)CC2)c1. The molecule has 1 aromatic rings. The van der Waals surface area contributed by atoms with Gasteiger partial charge in [0, 0.05) is 44.2 Å². The number of piperazine rings is 1. The summed E-state index contributed by atoms with van der Waals surface area (Å²) < 4.78 is 0. The van der Waals surface area contributed by atoms with Gasteiger partial charge < -0.3 is 9.80 Å². The summed E-state index contributed by atoms with van der Waals surface area (Å²) in [4.78, 5) is 32.4. The van der Waals surface area contributed by atoms with Gasteiger partial charge in [0.25, 0.3) is 5.91 Å². The molecule has 0 aliphatic carbocycles. The molecule has 0 atom stereocenters. The number of carbonyl (C=O) groups excluding carboxylic acids is 2. The molecule has 0 aromatic heterocycles. The van der Waals surface area contributed by atoms with E-state index >= 15 is 0 Å². The Morgan fingerprint density at radius 2 is 1.63 bits per heavy atom. The van der Waals surface area contributed by atoms with Crippen molar-refractivity contribution in [1.29, 1.82) is 0 Å². The van der Waals surface area contributed by atoms with Crippen LogP contribution in [0.2, 0.25) is 5.02 Å². The molecule has 2 aliphatic rings. The van der Waals surface area contributed by atoms with Gasteiger partial charge in [-0.25, -0.2) is 0 Å². The average Bonchev–Trinajstić information content (AvgIpc) is 2.98. The highest BCUT2D eigenvalue weighted by molar-refractivity contribution is 7.98. The molecule has 2 fully saturated rings. The summed E-state index contributed by atoms with van der Waals surface area (Å²) in [6, 6.07) is 5.58. The Bertz CT molecular complexity index is 669. The monoisotopic (exact) mass is 409 g/mol. The number of thioether (sulfide) groups is 1. The van der Waals surface area contributed by atoms with E-state index in [-0.39, 0.29) is 11.8 Å². The van der Waals surface area contributed by atoms with E-state index in [1.165, 1.54) is 12.8 Å². The normalized spacial score (nSPS) is 19.0. The van der Waals surface area contributed by atoms with Crippen LogP contribution in [0.4, 0.5) is 0 Å². The standard InChI is InChI=1S/C20H28ClN3O2S/c1-27-16-6-7-18(21)17(14-16)20(26)24-12-10-22(11-13-24)15-19(25)23-8-4-2-3-5-9-23/h6-7,14H,2-5,8-13,15H2,1H3. The fraction of sp³-hybridized carbons (Fsp3) is 0.600. The van der Waals surface area contributed by atoms with Crippen LogP contribution in [0.25, 0.3) is 0 Å². The maximum Gasteiger partial charge on any atom is 0.255 e. The molecule has 0 N–H and O–H groups in total. The molecule has 0 bridgehead atoms. The van der Waals surface area contributed by atoms with Gasteiger partial charge in [0.1, 0.15) is 0 Å². The molecule has 0 radical (unpaired) electrons. The Balaban J connectivity index is 1.52. The molecule has 3 rings (SSSR count). The third-order valence-electron chi connectivity index (χ3n) is 5.38. The molecule has 2 amide bonds. The van der Waals surface area contributed by atoms with Gasteiger partial charge in [-0.3, -0.25) is 14.5 Å². The zero-order chi connectivity index (χ0) is 19.2. The van der Waals surface area contributed by atoms with Crippen molar-refractivity contribution in [2.24, 2.45) is 0 Å². The van der Waals surface area contributed by atoms with Crippen molar-refractivity contribution >= 4 is 35.2 Å². The van der Waals surface area contributed by atoms with E-state index in [9.17, 15) is 9.59 Å². The van der Waals surface area contributed by atoms with Gasteiger partial charge in [0.05, 0.1) is 17.1 Å². The third kappa shape index (κ3) is 5.39. The largest absolute Gasteiger partial charge is 0.342 e. The van der Waals surface area contributed by atoms with Crippen LogP contribution in [0.3, 0.4) is 0 Å². The molecule has 7 heteroatoms. The molecular formula is C20H28ClN3O2S. The fourth-order valence-corrected chi connectivity index (χ4v) is 4.32. The topological polar surface area (TPSA) is 43.9 Å². The number of hydrogen-bond acceptors (Lipinski definition) is 4. The smallest absolute Gasteiger partial charge is 0.255 e. The molecular weight excluding hydrogens is 382 g/mol. The highest BCUT2D eigenvalue weighted by Crippen LogP contribution is 2.24. The molecule has 2 aliphatic heterocycles. The number of benzene rings is 1. The van der Waals surface area contributed by atoms with Gasteiger partial charge in [0.2, 0.25) is 5.91 Å². The number of halogens is 1. The van der Waals surface area contributed by atoms with Crippen molar-refractivity contribution in [2.45, 2.75) is 30.6 Å². The highest BCUT2D eigenvalue weighted by Gasteiger charge is 2.26. The van der Waals surface area contributed by atoms with Gasteiger partial charge in [-0.05, 0) is 37.3 Å². The van der Waals surface area contributed by atoms with E-state index in [0.29, 0.717) is 30.2 Å². The van der Waals surface area contributed by atoms with Crippen molar-refractivity contribution in [3.63, 3.8) is 0 Å². The second-order valence-electron chi connectivity index (χ2n) is 7.21. The van der Waals surface area contributed by atoms with Crippen LogP contribution in [0.1, 0.15) is 36.0 Å². The number of amides is 2. The summed E-state index contributed by atoms with van der Waals surface area (Å²) in [7, 11) is 0. The first kappa shape index (κ1) is 20.5. The summed E-state index contributed by atoms with van der Waals surface area (Å²) in [6.45, 7) is 4.96. The lowest BCUT2D eigenvalue weighted by Gasteiger charge is -2.35. The lowest BCUT2D eigenvalue weighted by Crippen LogP contribution is -2.51. The average molecular weight is 410 g/mol. The lowest BCUT2D eigenvalue weighted by molar-refractivity contribution is -0.132. The zero-order valence-corrected chi connectivity index (χ0v) is 17.5. The second kappa shape index (κ2) is 9.80. The Kier molecular flexibility index (Phi) is 7.44. The first-order valence-corrected chi connectivity index (χ1v) is 11.3. The van der Waals surface area contributed by atoms with Crippen LogP contribution in [0.5, 0.6) is 0 Å². The van der Waals surface area contributed by atoms with E-state index in [1.807, 2.05) is 28.2 Å². The van der Waals surface area contributed by atoms with Crippen LogP contribution in [-0.2, 0) is 4.79 Å². The van der Waals surface area contributed by atoms with E-state index in [2.05, 4.69) is 4.90 Å². The molecule has 5 nitrogen and oxygen atoms in total. The number of nitrogens with zero attached hydrogens (tertiary/aromatic N) is 3. The Hall–Kier alpha value is -1.24. The van der Waals surface area contributed by atoms with Crippen molar-refractivity contribution in [2.75, 3.05) is 52.1 Å². The molecule has 2 saturated heterocycles. The van der Waals surface area contributed by atoms with Gasteiger partial charge in [-0.2, -0.15) is 0 Å². The molecule has 148 valence electrons. The highest BCUT2D eigenvalue weighted by atomic mass is 35.5. The predicted molar refractivity (Wildman–Crippen MR) is 111 cm³/mol. The van der Waals surface area contributed by atoms with Crippen LogP contribution in [-0.4, -0.2) is 78.6 Å². The molecule has 0 unspecified atom stereocenters. The van der Waals surface area contributed by atoms with Crippen molar-refractivity contribution < 1.29 is 9.59 Å². The Labute approximate surface area is 171 Å². The quantitative estimate of drug-likeness (QED) is 0.716. The minimum atomic E-state index is -0.0191. The van der Waals surface area contributed by atoms with Gasteiger partial charge in [-0.1, -0.05) is 24.4 Å². The van der Waals surface area contributed by atoms with Crippen LogP contribution in [0.15, 0.2) is 23.1 Å². The van der Waals surface area contributed by atoms with Crippen LogP contribution in [0, 0.1) is 0 Å². The molecule has 0 saturated carbocycles. The summed E-state index contributed by atoms with van der Waals surface area (Å²) in [5.41, 5.74) is 0.567. The van der Waals surface area contributed by atoms with Crippen molar-refractivity contribution in [1.82, 2.24) is 14.7 Å². The van der Waals surface area contributed by atoms with E-state index in [4.69, 9.17) is 11.6 Å². The van der Waals surface area contributed by atoms with E-state index in [0.717, 1.165) is 43.9 Å². The van der Waals surface area contributed by atoms with Gasteiger partial charge in [-0.15, -0.1) is 11.8 Å². The fourth-order valence-electron chi connectivity index (χ4n) is 3.69. The van der Waals surface area contributed by atoms with Crippen LogP contribution < -0.4 is 0 Å². The summed E-state index contributed by atoms with van der Waals surface area (Å²) in [6.07, 6.45) is 6.67. The van der Waals surface area contributed by atoms with E-state index < -0.39 is 0 Å². The van der Waals surface area contributed by atoms with Crippen LogP contribution >= 0.6 is 23.4 Å². The summed E-state index contributed by atoms with van der Waals surface area (Å²) >= 11 is 7.84. The number of carbonyl (C=O) groups is 2. The summed E-state index contributed by atoms with van der Waals surface area (Å²) in [5, 5.41) is 0.497. The van der Waals surface area contributed by atoms with Gasteiger partial charge >= 0.3 is 0 Å². The second-order valence-corrected chi connectivity index (χ2v) is 8.50. The predicted octanol–water partition coefficient (Wildman–Crippen LogP) is 3.22. The lowest BCUT2D eigenvalue weighted by atomic mass is 10.1. The maximum atomic E-state index is 12.8. The first-order valence-electron chi connectivity index (χ1n) is 9.71. The number of hydrogen-bond donors (Lipinski definition) is 0. The minimum absolute atomic E-state index is 0.0191. The minimum Gasteiger partial charge on any atom is -0.342 e. The Morgan fingerprint density at radius 1 is 0.963 bits per heavy atom.